The fourth-order valence-corrected chi connectivity index (χ4v) is 3.24. The molecule has 1 fully saturated rings. The summed E-state index contributed by atoms with van der Waals surface area (Å²) in [6.45, 7) is 4.46. The second-order valence-corrected chi connectivity index (χ2v) is 5.82. The first kappa shape index (κ1) is 12.6. The summed E-state index contributed by atoms with van der Waals surface area (Å²) in [5.41, 5.74) is 1.31. The Bertz CT molecular complexity index is 544. The Hall–Kier alpha value is -1.41. The van der Waals surface area contributed by atoms with Crippen molar-refractivity contribution < 1.29 is 0 Å². The maximum atomic E-state index is 4.34. The van der Waals surface area contributed by atoms with Gasteiger partial charge in [0.2, 0.25) is 0 Å². The third kappa shape index (κ3) is 2.79. The Morgan fingerprint density at radius 1 is 1.21 bits per heavy atom. The van der Waals surface area contributed by atoms with E-state index in [0.29, 0.717) is 0 Å². The van der Waals surface area contributed by atoms with Crippen molar-refractivity contribution in [1.29, 1.82) is 0 Å². The quantitative estimate of drug-likeness (QED) is 0.898. The zero-order valence-corrected chi connectivity index (χ0v) is 11.6. The summed E-state index contributed by atoms with van der Waals surface area (Å²) in [4.78, 5) is 4.34. The summed E-state index contributed by atoms with van der Waals surface area (Å²) in [7, 11) is 0. The van der Waals surface area contributed by atoms with Crippen LogP contribution in [-0.4, -0.2) is 11.5 Å². The third-order valence-electron chi connectivity index (χ3n) is 4.51. The second kappa shape index (κ2) is 5.70. The molecule has 0 aliphatic heterocycles. The molecule has 2 aromatic rings. The van der Waals surface area contributed by atoms with Gasteiger partial charge in [-0.05, 0) is 35.8 Å². The van der Waals surface area contributed by atoms with Gasteiger partial charge in [0.15, 0.2) is 0 Å². The van der Waals surface area contributed by atoms with Crippen molar-refractivity contribution >= 4 is 10.8 Å². The second-order valence-electron chi connectivity index (χ2n) is 5.82. The lowest BCUT2D eigenvalue weighted by atomic mass is 9.98. The molecule has 1 aliphatic rings. The van der Waals surface area contributed by atoms with E-state index in [-0.39, 0.29) is 0 Å². The zero-order valence-electron chi connectivity index (χ0n) is 11.6. The van der Waals surface area contributed by atoms with Crippen LogP contribution in [-0.2, 0) is 6.54 Å². The average Bonchev–Trinajstić information content (AvgIpc) is 2.85. The molecule has 1 heterocycles. The molecule has 2 nitrogen and oxygen atoms in total. The number of nitrogens with one attached hydrogen (secondary N) is 1. The van der Waals surface area contributed by atoms with Crippen molar-refractivity contribution in [3.8, 4) is 0 Å². The first-order chi connectivity index (χ1) is 9.34. The highest BCUT2D eigenvalue weighted by molar-refractivity contribution is 5.84. The van der Waals surface area contributed by atoms with E-state index in [4.69, 9.17) is 0 Å². The molecule has 1 aromatic heterocycles. The van der Waals surface area contributed by atoms with Gasteiger partial charge in [-0.15, -0.1) is 0 Å². The molecule has 2 heteroatoms. The molecule has 0 spiro atoms. The molecule has 100 valence electrons. The molecule has 1 aliphatic carbocycles. The van der Waals surface area contributed by atoms with Crippen LogP contribution >= 0.6 is 0 Å². The maximum Gasteiger partial charge on any atom is 0.0346 e. The van der Waals surface area contributed by atoms with Crippen molar-refractivity contribution in [2.24, 2.45) is 11.8 Å². The molecule has 0 amide bonds. The summed E-state index contributed by atoms with van der Waals surface area (Å²) in [6.07, 6.45) is 8.14. The topological polar surface area (TPSA) is 24.9 Å². The van der Waals surface area contributed by atoms with Crippen LogP contribution in [0, 0.1) is 11.8 Å². The van der Waals surface area contributed by atoms with Crippen LogP contribution in [0.1, 0.15) is 31.7 Å². The average molecular weight is 254 g/mol. The molecule has 2 unspecified atom stereocenters. The molecule has 2 atom stereocenters. The molecule has 19 heavy (non-hydrogen) atoms. The first-order valence-corrected chi connectivity index (χ1v) is 7.37. The van der Waals surface area contributed by atoms with Gasteiger partial charge in [-0.25, -0.2) is 0 Å². The van der Waals surface area contributed by atoms with Gasteiger partial charge >= 0.3 is 0 Å². The van der Waals surface area contributed by atoms with Crippen molar-refractivity contribution in [1.82, 2.24) is 10.3 Å². The smallest absolute Gasteiger partial charge is 0.0346 e. The van der Waals surface area contributed by atoms with E-state index >= 15 is 0 Å². The molecular weight excluding hydrogens is 232 g/mol. The van der Waals surface area contributed by atoms with Gasteiger partial charge in [-0.3, -0.25) is 4.98 Å². The number of rotatable bonds is 4. The van der Waals surface area contributed by atoms with E-state index < -0.39 is 0 Å². The summed E-state index contributed by atoms with van der Waals surface area (Å²) in [5.74, 6) is 1.75. The van der Waals surface area contributed by atoms with E-state index in [1.54, 1.807) is 0 Å². The normalized spacial score (nSPS) is 23.0. The SMILES string of the molecule is CC1CCCC1CNCc1cncc2ccccc12. The molecule has 3 rings (SSSR count). The summed E-state index contributed by atoms with van der Waals surface area (Å²) in [5, 5.41) is 6.18. The Balaban J connectivity index is 1.65. The minimum Gasteiger partial charge on any atom is -0.312 e. The predicted molar refractivity (Wildman–Crippen MR) is 80.0 cm³/mol. The third-order valence-corrected chi connectivity index (χ3v) is 4.51. The van der Waals surface area contributed by atoms with Crippen LogP contribution in [0.2, 0.25) is 0 Å². The number of pyridine rings is 1. The van der Waals surface area contributed by atoms with Gasteiger partial charge < -0.3 is 5.32 Å². The van der Waals surface area contributed by atoms with E-state index in [1.165, 1.54) is 35.6 Å². The summed E-state index contributed by atoms with van der Waals surface area (Å²) in [6, 6.07) is 8.49. The van der Waals surface area contributed by atoms with Gasteiger partial charge in [0, 0.05) is 24.3 Å². The molecule has 0 bridgehead atoms. The van der Waals surface area contributed by atoms with Crippen LogP contribution in [0.3, 0.4) is 0 Å². The molecule has 1 N–H and O–H groups in total. The van der Waals surface area contributed by atoms with Crippen LogP contribution in [0.5, 0.6) is 0 Å². The molecule has 1 saturated carbocycles. The van der Waals surface area contributed by atoms with Crippen molar-refractivity contribution in [3.05, 3.63) is 42.2 Å². The van der Waals surface area contributed by atoms with Crippen LogP contribution in [0.4, 0.5) is 0 Å². The minimum atomic E-state index is 0.864. The Labute approximate surface area is 115 Å². The monoisotopic (exact) mass is 254 g/mol. The summed E-state index contributed by atoms with van der Waals surface area (Å²) < 4.78 is 0. The number of hydrogen-bond acceptors (Lipinski definition) is 2. The largest absolute Gasteiger partial charge is 0.312 e. The number of fused-ring (bicyclic) bond motifs is 1. The van der Waals surface area contributed by atoms with Crippen LogP contribution in [0.15, 0.2) is 36.7 Å². The van der Waals surface area contributed by atoms with Crippen LogP contribution < -0.4 is 5.32 Å². The summed E-state index contributed by atoms with van der Waals surface area (Å²) >= 11 is 0. The van der Waals surface area contributed by atoms with Gasteiger partial charge in [0.25, 0.3) is 0 Å². The first-order valence-electron chi connectivity index (χ1n) is 7.37. The number of aromatic nitrogens is 1. The fraction of sp³-hybridized carbons (Fsp3) is 0.471. The van der Waals surface area contributed by atoms with Crippen molar-refractivity contribution in [2.75, 3.05) is 6.54 Å². The van der Waals surface area contributed by atoms with Crippen molar-refractivity contribution in [2.45, 2.75) is 32.7 Å². The molecule has 1 aromatic carbocycles. The predicted octanol–water partition coefficient (Wildman–Crippen LogP) is 3.76. The zero-order chi connectivity index (χ0) is 13.1. The standard InChI is InChI=1S/C17H22N2/c1-13-5-4-7-14(13)9-18-11-16-12-19-10-15-6-2-3-8-17(15)16/h2-3,6,8,10,12-14,18H,4-5,7,9,11H2,1H3. The maximum absolute atomic E-state index is 4.34. The van der Waals surface area contributed by atoms with Gasteiger partial charge in [-0.2, -0.15) is 0 Å². The molecule has 0 radical (unpaired) electrons. The van der Waals surface area contributed by atoms with E-state index in [2.05, 4.69) is 41.5 Å². The Morgan fingerprint density at radius 2 is 2.11 bits per heavy atom. The van der Waals surface area contributed by atoms with E-state index in [0.717, 1.165) is 24.9 Å². The van der Waals surface area contributed by atoms with Crippen LogP contribution in [0.25, 0.3) is 10.8 Å². The van der Waals surface area contributed by atoms with Gasteiger partial charge in [0.05, 0.1) is 0 Å². The van der Waals surface area contributed by atoms with E-state index in [1.807, 2.05) is 12.4 Å². The van der Waals surface area contributed by atoms with Gasteiger partial charge in [-0.1, -0.05) is 44.0 Å². The van der Waals surface area contributed by atoms with Crippen molar-refractivity contribution in [3.63, 3.8) is 0 Å². The lowest BCUT2D eigenvalue weighted by Gasteiger charge is -2.16. The highest BCUT2D eigenvalue weighted by Crippen LogP contribution is 2.30. The minimum absolute atomic E-state index is 0.864. The Morgan fingerprint density at radius 3 is 2.95 bits per heavy atom. The highest BCUT2D eigenvalue weighted by Gasteiger charge is 2.22. The van der Waals surface area contributed by atoms with E-state index in [9.17, 15) is 0 Å². The van der Waals surface area contributed by atoms with Gasteiger partial charge in [0.1, 0.15) is 0 Å². The Kier molecular flexibility index (Phi) is 3.79. The number of benzene rings is 1. The number of nitrogens with zero attached hydrogens (tertiary/aromatic N) is 1. The molecule has 0 saturated heterocycles. The molecular formula is C17H22N2. The lowest BCUT2D eigenvalue weighted by Crippen LogP contribution is -2.24. The number of hydrogen-bond donors (Lipinski definition) is 1. The fourth-order valence-electron chi connectivity index (χ4n) is 3.24. The lowest BCUT2D eigenvalue weighted by molar-refractivity contribution is 0.392. The highest BCUT2D eigenvalue weighted by atomic mass is 14.9.